The van der Waals surface area contributed by atoms with Crippen molar-refractivity contribution in [3.05, 3.63) is 24.3 Å². The second-order valence-electron chi connectivity index (χ2n) is 6.97. The molecule has 0 unspecified atom stereocenters. The van der Waals surface area contributed by atoms with Gasteiger partial charge < -0.3 is 23.8 Å². The summed E-state index contributed by atoms with van der Waals surface area (Å²) in [6.45, 7) is 13.6. The van der Waals surface area contributed by atoms with Gasteiger partial charge in [-0.1, -0.05) is 26.5 Å². The van der Waals surface area contributed by atoms with Crippen LogP contribution in [-0.2, 0) is 38.1 Å². The Bertz CT molecular complexity index is 579. The van der Waals surface area contributed by atoms with Crippen LogP contribution in [0.3, 0.4) is 0 Å². The number of rotatable bonds is 17. The third-order valence-electron chi connectivity index (χ3n) is 3.95. The minimum Gasteiger partial charge on any atom is -0.462 e. The summed E-state index contributed by atoms with van der Waals surface area (Å²) in [4.78, 5) is 48.2. The normalized spacial score (nSPS) is 10.3. The second kappa shape index (κ2) is 17.0. The Morgan fingerprint density at radius 1 is 0.677 bits per heavy atom. The van der Waals surface area contributed by atoms with Crippen molar-refractivity contribution in [3.63, 3.8) is 0 Å². The molecule has 9 nitrogen and oxygen atoms in total. The zero-order valence-electron chi connectivity index (χ0n) is 18.9. The van der Waals surface area contributed by atoms with Crippen molar-refractivity contribution in [2.24, 2.45) is 0 Å². The molecule has 0 aromatic rings. The molecule has 0 heterocycles. The highest BCUT2D eigenvalue weighted by molar-refractivity contribution is 5.87. The van der Waals surface area contributed by atoms with Crippen LogP contribution in [0, 0.1) is 0 Å². The summed E-state index contributed by atoms with van der Waals surface area (Å²) in [6, 6.07) is 0. The first-order chi connectivity index (χ1) is 14.7. The number of carbonyl (C=O) groups excluding carboxylic acids is 4. The van der Waals surface area contributed by atoms with E-state index in [4.69, 9.17) is 18.9 Å². The van der Waals surface area contributed by atoms with Crippen molar-refractivity contribution >= 4 is 23.9 Å². The maximum absolute atomic E-state index is 11.9. The average Bonchev–Trinajstić information content (AvgIpc) is 2.72. The molecule has 9 heteroatoms. The van der Waals surface area contributed by atoms with Gasteiger partial charge in [-0.15, -0.1) is 0 Å². The minimum absolute atomic E-state index is 0.0188. The highest BCUT2D eigenvalue weighted by atomic mass is 16.6. The Hall–Kier alpha value is -2.68. The Balaban J connectivity index is 4.13. The van der Waals surface area contributed by atoms with Gasteiger partial charge in [0.25, 0.3) is 0 Å². The lowest BCUT2D eigenvalue weighted by atomic mass is 10.2. The molecule has 0 rings (SSSR count). The third-order valence-corrected chi connectivity index (χ3v) is 3.95. The largest absolute Gasteiger partial charge is 0.462 e. The van der Waals surface area contributed by atoms with Gasteiger partial charge in [0.1, 0.15) is 26.4 Å². The second-order valence-corrected chi connectivity index (χ2v) is 6.97. The highest BCUT2D eigenvalue weighted by Crippen LogP contribution is 2.02. The third kappa shape index (κ3) is 15.8. The molecule has 0 spiro atoms. The lowest BCUT2D eigenvalue weighted by molar-refractivity contribution is -0.151. The number of unbranched alkanes of at least 4 members (excludes halogenated alkanes) is 1. The highest BCUT2D eigenvalue weighted by Gasteiger charge is 2.13. The Kier molecular flexibility index (Phi) is 15.6. The molecule has 0 saturated heterocycles. The van der Waals surface area contributed by atoms with Crippen LogP contribution in [0.25, 0.3) is 0 Å². The summed E-state index contributed by atoms with van der Waals surface area (Å²) in [7, 11) is 0. The van der Waals surface area contributed by atoms with Crippen LogP contribution >= 0.6 is 0 Å². The maximum atomic E-state index is 11.9. The number of hydrogen-bond donors (Lipinski definition) is 0. The SMILES string of the molecule is C=C(C)C(=O)OCCOC(=O)CCN(CCCC)CCC(=O)OCCOC(=O)C(=C)C. The van der Waals surface area contributed by atoms with Crippen LogP contribution in [0.2, 0.25) is 0 Å². The molecule has 0 aromatic carbocycles. The van der Waals surface area contributed by atoms with Gasteiger partial charge in [-0.25, -0.2) is 9.59 Å². The van der Waals surface area contributed by atoms with Crippen molar-refractivity contribution in [2.45, 2.75) is 46.5 Å². The van der Waals surface area contributed by atoms with Crippen molar-refractivity contribution < 1.29 is 38.1 Å². The number of carbonyl (C=O) groups is 4. The molecule has 0 aliphatic rings. The van der Waals surface area contributed by atoms with E-state index in [1.54, 1.807) is 0 Å². The number of ether oxygens (including phenoxy) is 4. The van der Waals surface area contributed by atoms with E-state index in [-0.39, 0.29) is 50.4 Å². The van der Waals surface area contributed by atoms with Crippen molar-refractivity contribution in [1.82, 2.24) is 4.90 Å². The van der Waals surface area contributed by atoms with E-state index in [0.29, 0.717) is 13.1 Å². The number of esters is 4. The zero-order valence-corrected chi connectivity index (χ0v) is 18.9. The zero-order chi connectivity index (χ0) is 23.6. The molecule has 31 heavy (non-hydrogen) atoms. The van der Waals surface area contributed by atoms with Crippen LogP contribution in [-0.4, -0.2) is 74.8 Å². The summed E-state index contributed by atoms with van der Waals surface area (Å²) in [5.41, 5.74) is 0.564. The number of nitrogens with zero attached hydrogens (tertiary/aromatic N) is 1. The first-order valence-electron chi connectivity index (χ1n) is 10.4. The smallest absolute Gasteiger partial charge is 0.333 e. The first kappa shape index (κ1) is 28.3. The van der Waals surface area contributed by atoms with Gasteiger partial charge in [0.05, 0.1) is 12.8 Å². The van der Waals surface area contributed by atoms with Gasteiger partial charge in [0.2, 0.25) is 0 Å². The minimum atomic E-state index is -0.525. The molecule has 0 saturated carbocycles. The Labute approximate surface area is 184 Å². The summed E-state index contributed by atoms with van der Waals surface area (Å²) in [5, 5.41) is 0. The molecule has 0 N–H and O–H groups in total. The molecule has 0 amide bonds. The van der Waals surface area contributed by atoms with Crippen LogP contribution in [0.1, 0.15) is 46.5 Å². The van der Waals surface area contributed by atoms with Gasteiger partial charge in [-0.05, 0) is 26.8 Å². The summed E-state index contributed by atoms with van der Waals surface area (Å²) in [5.74, 6) is -1.87. The van der Waals surface area contributed by atoms with Crippen molar-refractivity contribution in [1.29, 1.82) is 0 Å². The molecule has 0 radical (unpaired) electrons. The van der Waals surface area contributed by atoms with Crippen molar-refractivity contribution in [2.75, 3.05) is 46.1 Å². The van der Waals surface area contributed by atoms with E-state index in [1.807, 2.05) is 4.90 Å². The lowest BCUT2D eigenvalue weighted by Crippen LogP contribution is -2.31. The summed E-state index contributed by atoms with van der Waals surface area (Å²) >= 11 is 0. The fraction of sp³-hybridized carbons (Fsp3) is 0.636. The fourth-order valence-corrected chi connectivity index (χ4v) is 2.19. The summed E-state index contributed by atoms with van der Waals surface area (Å²) in [6.07, 6.45) is 2.22. The van der Waals surface area contributed by atoms with Crippen LogP contribution in [0.15, 0.2) is 24.3 Å². The monoisotopic (exact) mass is 441 g/mol. The lowest BCUT2D eigenvalue weighted by Gasteiger charge is -2.21. The molecular formula is C22H35NO8. The van der Waals surface area contributed by atoms with Gasteiger partial charge in [0, 0.05) is 24.2 Å². The van der Waals surface area contributed by atoms with E-state index in [2.05, 4.69) is 20.1 Å². The van der Waals surface area contributed by atoms with Crippen molar-refractivity contribution in [3.8, 4) is 0 Å². The predicted octanol–water partition coefficient (Wildman–Crippen LogP) is 2.19. The standard InChI is InChI=1S/C22H35NO8/c1-6-7-10-23(11-8-19(24)28-13-15-30-21(26)17(2)3)12-9-20(25)29-14-16-31-22(27)18(4)5/h2,4,6-16H2,1,3,5H3. The fourth-order valence-electron chi connectivity index (χ4n) is 2.19. The van der Waals surface area contributed by atoms with Crippen LogP contribution in [0.4, 0.5) is 0 Å². The van der Waals surface area contributed by atoms with Gasteiger partial charge in [-0.2, -0.15) is 0 Å². The van der Waals surface area contributed by atoms with Crippen LogP contribution < -0.4 is 0 Å². The number of hydrogen-bond acceptors (Lipinski definition) is 9. The van der Waals surface area contributed by atoms with Gasteiger partial charge >= 0.3 is 23.9 Å². The van der Waals surface area contributed by atoms with E-state index in [1.165, 1.54) is 13.8 Å². The quantitative estimate of drug-likeness (QED) is 0.145. The molecule has 0 aromatic heterocycles. The van der Waals surface area contributed by atoms with E-state index >= 15 is 0 Å². The average molecular weight is 442 g/mol. The molecule has 0 atom stereocenters. The molecular weight excluding hydrogens is 406 g/mol. The Morgan fingerprint density at radius 2 is 1.06 bits per heavy atom. The molecule has 176 valence electrons. The molecule has 0 aliphatic heterocycles. The molecule has 0 aliphatic carbocycles. The maximum Gasteiger partial charge on any atom is 0.333 e. The molecule has 0 bridgehead atoms. The Morgan fingerprint density at radius 3 is 1.42 bits per heavy atom. The first-order valence-corrected chi connectivity index (χ1v) is 10.4. The van der Waals surface area contributed by atoms with Crippen LogP contribution in [0.5, 0.6) is 0 Å². The van der Waals surface area contributed by atoms with E-state index in [0.717, 1.165) is 19.4 Å². The topological polar surface area (TPSA) is 108 Å². The van der Waals surface area contributed by atoms with Gasteiger partial charge in [-0.3, -0.25) is 9.59 Å². The van der Waals surface area contributed by atoms with E-state index in [9.17, 15) is 19.2 Å². The van der Waals surface area contributed by atoms with E-state index < -0.39 is 23.9 Å². The van der Waals surface area contributed by atoms with Gasteiger partial charge in [0.15, 0.2) is 0 Å². The summed E-state index contributed by atoms with van der Waals surface area (Å²) < 4.78 is 19.8. The predicted molar refractivity (Wildman–Crippen MR) is 114 cm³/mol. The molecule has 0 fully saturated rings.